The van der Waals surface area contributed by atoms with Crippen molar-refractivity contribution < 1.29 is 0 Å². The van der Waals surface area contributed by atoms with Crippen LogP contribution in [0.25, 0.3) is 11.4 Å². The minimum Gasteiger partial charge on any atom is -0.335 e. The molecule has 0 fully saturated rings. The van der Waals surface area contributed by atoms with Gasteiger partial charge in [-0.3, -0.25) is 0 Å². The second-order valence-corrected chi connectivity index (χ2v) is 6.67. The molecule has 0 saturated carbocycles. The van der Waals surface area contributed by atoms with E-state index < -0.39 is 0 Å². The minimum atomic E-state index is 0.653. The third-order valence-electron chi connectivity index (χ3n) is 3.40. The Morgan fingerprint density at radius 3 is 2.59 bits per heavy atom. The van der Waals surface area contributed by atoms with E-state index in [0.29, 0.717) is 11.0 Å². The molecule has 0 aliphatic rings. The quantitative estimate of drug-likeness (QED) is 0.553. The fraction of sp³-hybridized carbons (Fsp3) is 0.125. The van der Waals surface area contributed by atoms with Crippen LogP contribution in [0.3, 0.4) is 0 Å². The molecule has 2 aromatic carbocycles. The van der Waals surface area contributed by atoms with E-state index in [2.05, 4.69) is 45.2 Å². The Morgan fingerprint density at radius 1 is 1.09 bits per heavy atom. The zero-order chi connectivity index (χ0) is 15.5. The number of halogens is 1. The Bertz CT molecular complexity index is 800. The maximum atomic E-state index is 6.16. The van der Waals surface area contributed by atoms with Crippen LogP contribution in [0.2, 0.25) is 0 Å². The van der Waals surface area contributed by atoms with Crippen LogP contribution in [-0.2, 0) is 5.75 Å². The summed E-state index contributed by atoms with van der Waals surface area (Å²) in [7, 11) is 0. The van der Waals surface area contributed by atoms with E-state index in [9.17, 15) is 0 Å². The van der Waals surface area contributed by atoms with Crippen molar-refractivity contribution in [2.45, 2.75) is 17.8 Å². The SMILES string of the molecule is Cc1ccccc1CSc1nnc(-c2ccccc2Br)n1N. The van der Waals surface area contributed by atoms with Gasteiger partial charge in [-0.1, -0.05) is 64.1 Å². The molecule has 0 bridgehead atoms. The molecule has 0 aliphatic carbocycles. The zero-order valence-corrected chi connectivity index (χ0v) is 14.4. The fourth-order valence-electron chi connectivity index (χ4n) is 2.12. The number of hydrogen-bond donors (Lipinski definition) is 1. The summed E-state index contributed by atoms with van der Waals surface area (Å²) >= 11 is 5.10. The summed E-state index contributed by atoms with van der Waals surface area (Å²) in [6, 6.07) is 16.2. The van der Waals surface area contributed by atoms with E-state index in [0.717, 1.165) is 15.8 Å². The molecule has 4 nitrogen and oxygen atoms in total. The molecule has 1 heterocycles. The molecule has 0 aliphatic heterocycles. The van der Waals surface area contributed by atoms with Crippen molar-refractivity contribution in [2.75, 3.05) is 5.84 Å². The van der Waals surface area contributed by atoms with Crippen molar-refractivity contribution in [1.82, 2.24) is 14.9 Å². The van der Waals surface area contributed by atoms with Gasteiger partial charge in [0.05, 0.1) is 0 Å². The number of nitrogens with zero attached hydrogens (tertiary/aromatic N) is 3. The van der Waals surface area contributed by atoms with Crippen molar-refractivity contribution in [3.05, 3.63) is 64.1 Å². The first kappa shape index (κ1) is 15.1. The van der Waals surface area contributed by atoms with Crippen molar-refractivity contribution in [2.24, 2.45) is 0 Å². The Balaban J connectivity index is 1.83. The number of thioether (sulfide) groups is 1. The number of hydrogen-bond acceptors (Lipinski definition) is 4. The lowest BCUT2D eigenvalue weighted by Crippen LogP contribution is -2.11. The summed E-state index contributed by atoms with van der Waals surface area (Å²) in [5.41, 5.74) is 3.47. The molecule has 1 aromatic heterocycles. The first-order valence-electron chi connectivity index (χ1n) is 6.79. The lowest BCUT2D eigenvalue weighted by molar-refractivity contribution is 0.849. The largest absolute Gasteiger partial charge is 0.335 e. The lowest BCUT2D eigenvalue weighted by Gasteiger charge is -2.06. The van der Waals surface area contributed by atoms with Crippen LogP contribution >= 0.6 is 27.7 Å². The van der Waals surface area contributed by atoms with Gasteiger partial charge < -0.3 is 5.84 Å². The topological polar surface area (TPSA) is 56.7 Å². The van der Waals surface area contributed by atoms with Gasteiger partial charge in [0.2, 0.25) is 5.16 Å². The lowest BCUT2D eigenvalue weighted by atomic mass is 10.1. The summed E-state index contributed by atoms with van der Waals surface area (Å²) in [6.45, 7) is 2.11. The normalized spacial score (nSPS) is 10.8. The molecule has 0 unspecified atom stereocenters. The van der Waals surface area contributed by atoms with Gasteiger partial charge in [-0.2, -0.15) is 0 Å². The highest BCUT2D eigenvalue weighted by Crippen LogP contribution is 2.29. The maximum Gasteiger partial charge on any atom is 0.210 e. The second-order valence-electron chi connectivity index (χ2n) is 4.87. The summed E-state index contributed by atoms with van der Waals surface area (Å²) in [6.07, 6.45) is 0. The van der Waals surface area contributed by atoms with Crippen LogP contribution in [0.15, 0.2) is 58.2 Å². The Kier molecular flexibility index (Phi) is 4.49. The summed E-state index contributed by atoms with van der Waals surface area (Å²) in [5.74, 6) is 7.63. The molecule has 112 valence electrons. The van der Waals surface area contributed by atoms with Crippen LogP contribution in [0.5, 0.6) is 0 Å². The van der Waals surface area contributed by atoms with Crippen LogP contribution < -0.4 is 5.84 Å². The van der Waals surface area contributed by atoms with Crippen LogP contribution in [0, 0.1) is 6.92 Å². The number of rotatable bonds is 4. The third kappa shape index (κ3) is 3.03. The van der Waals surface area contributed by atoms with Gasteiger partial charge in [0.15, 0.2) is 5.82 Å². The first-order chi connectivity index (χ1) is 10.7. The molecule has 2 N–H and O–H groups in total. The standard InChI is InChI=1S/C16H15BrN4S/c1-11-6-2-3-7-12(11)10-22-16-20-19-15(21(16)18)13-8-4-5-9-14(13)17/h2-9H,10,18H2,1H3. The predicted molar refractivity (Wildman–Crippen MR) is 94.0 cm³/mol. The maximum absolute atomic E-state index is 6.16. The zero-order valence-electron chi connectivity index (χ0n) is 12.0. The van der Waals surface area contributed by atoms with Crippen molar-refractivity contribution in [1.29, 1.82) is 0 Å². The van der Waals surface area contributed by atoms with E-state index in [4.69, 9.17) is 5.84 Å². The first-order valence-corrected chi connectivity index (χ1v) is 8.57. The number of benzene rings is 2. The molecular weight excluding hydrogens is 360 g/mol. The van der Waals surface area contributed by atoms with Crippen LogP contribution in [0.1, 0.15) is 11.1 Å². The van der Waals surface area contributed by atoms with Gasteiger partial charge in [-0.15, -0.1) is 10.2 Å². The van der Waals surface area contributed by atoms with Crippen LogP contribution in [-0.4, -0.2) is 14.9 Å². The smallest absolute Gasteiger partial charge is 0.210 e. The van der Waals surface area contributed by atoms with Gasteiger partial charge in [0.1, 0.15) is 0 Å². The minimum absolute atomic E-state index is 0.653. The molecule has 6 heteroatoms. The number of aryl methyl sites for hydroxylation is 1. The highest BCUT2D eigenvalue weighted by Gasteiger charge is 2.14. The highest BCUT2D eigenvalue weighted by molar-refractivity contribution is 9.10. The van der Waals surface area contributed by atoms with Gasteiger partial charge >= 0.3 is 0 Å². The molecule has 3 aromatic rings. The van der Waals surface area contributed by atoms with Gasteiger partial charge in [0, 0.05) is 15.8 Å². The number of aromatic nitrogens is 3. The summed E-state index contributed by atoms with van der Waals surface area (Å²) in [4.78, 5) is 0. The Labute approximate surface area is 141 Å². The number of nitrogens with two attached hydrogens (primary N) is 1. The molecule has 22 heavy (non-hydrogen) atoms. The molecular formula is C16H15BrN4S. The predicted octanol–water partition coefficient (Wildman–Crippen LogP) is 4.02. The van der Waals surface area contributed by atoms with E-state index in [-0.39, 0.29) is 0 Å². The monoisotopic (exact) mass is 374 g/mol. The van der Waals surface area contributed by atoms with Gasteiger partial charge in [0.25, 0.3) is 0 Å². The molecule has 0 atom stereocenters. The van der Waals surface area contributed by atoms with Gasteiger partial charge in [-0.25, -0.2) is 4.68 Å². The average Bonchev–Trinajstić information content (AvgIpc) is 2.88. The van der Waals surface area contributed by atoms with E-state index >= 15 is 0 Å². The molecule has 0 spiro atoms. The van der Waals surface area contributed by atoms with Crippen molar-refractivity contribution in [3.8, 4) is 11.4 Å². The van der Waals surface area contributed by atoms with E-state index in [1.165, 1.54) is 11.1 Å². The molecule has 0 saturated heterocycles. The Morgan fingerprint density at radius 2 is 1.82 bits per heavy atom. The van der Waals surface area contributed by atoms with Gasteiger partial charge in [-0.05, 0) is 30.2 Å². The van der Waals surface area contributed by atoms with E-state index in [1.54, 1.807) is 16.4 Å². The summed E-state index contributed by atoms with van der Waals surface area (Å²) in [5, 5.41) is 9.13. The average molecular weight is 375 g/mol. The van der Waals surface area contributed by atoms with Crippen molar-refractivity contribution in [3.63, 3.8) is 0 Å². The molecule has 0 amide bonds. The number of nitrogen functional groups attached to an aromatic ring is 1. The Hall–Kier alpha value is -1.79. The fourth-order valence-corrected chi connectivity index (χ4v) is 3.51. The molecule has 3 rings (SSSR count). The third-order valence-corrected chi connectivity index (χ3v) is 5.08. The second kappa shape index (κ2) is 6.54. The molecule has 0 radical (unpaired) electrons. The van der Waals surface area contributed by atoms with Crippen molar-refractivity contribution >= 4 is 27.7 Å². The highest BCUT2D eigenvalue weighted by atomic mass is 79.9. The van der Waals surface area contributed by atoms with E-state index in [1.807, 2.05) is 36.4 Å². The van der Waals surface area contributed by atoms with Crippen LogP contribution in [0.4, 0.5) is 0 Å². The summed E-state index contributed by atoms with van der Waals surface area (Å²) < 4.78 is 2.49.